The lowest BCUT2D eigenvalue weighted by Crippen LogP contribution is -2.62. The molecule has 1 unspecified atom stereocenters. The standard InChI is InChI=1S/C21H32O5.C9H22N2/c1-19-7-5-13(23)9-12(19)3-4-14-15-6-8-21(26,17(25)11-22)20(15,2)10-16(24)18(14)19;1-9(8-11)6-4-2-3-5-7-10/h12-15,18,22-23,26H,3-11H2,1-2H3;9H,2-8,10-11H2,1H3/t12-,13-,14+,15+,18-,19+,20+,21+;/m1./s1. The molecule has 4 rings (SSSR count). The fourth-order valence-corrected chi connectivity index (χ4v) is 8.75. The van der Waals surface area contributed by atoms with Crippen molar-refractivity contribution >= 4 is 11.6 Å². The van der Waals surface area contributed by atoms with E-state index in [1.807, 2.05) is 6.92 Å². The second-order valence-corrected chi connectivity index (χ2v) is 13.3. The van der Waals surface area contributed by atoms with Crippen LogP contribution in [0.3, 0.4) is 0 Å². The van der Waals surface area contributed by atoms with Gasteiger partial charge in [0.15, 0.2) is 5.78 Å². The topological polar surface area (TPSA) is 147 Å². The van der Waals surface area contributed by atoms with E-state index in [9.17, 15) is 24.9 Å². The number of Topliss-reactive ketones (excluding diaryl/α,β-unsaturated/α-hetero) is 2. The van der Waals surface area contributed by atoms with Crippen LogP contribution in [0.15, 0.2) is 0 Å². The highest BCUT2D eigenvalue weighted by atomic mass is 16.3. The Morgan fingerprint density at radius 1 is 1.05 bits per heavy atom. The summed E-state index contributed by atoms with van der Waals surface area (Å²) >= 11 is 0. The fraction of sp³-hybridized carbons (Fsp3) is 0.933. The summed E-state index contributed by atoms with van der Waals surface area (Å²) in [6.07, 6.45) is 11.9. The number of aliphatic hydroxyl groups excluding tert-OH is 2. The highest BCUT2D eigenvalue weighted by Crippen LogP contribution is 2.67. The minimum atomic E-state index is -1.58. The molecule has 0 aliphatic heterocycles. The van der Waals surface area contributed by atoms with E-state index >= 15 is 0 Å². The lowest BCUT2D eigenvalue weighted by Gasteiger charge is -2.60. The van der Waals surface area contributed by atoms with Crippen molar-refractivity contribution in [2.75, 3.05) is 19.7 Å². The number of aliphatic hydroxyl groups is 3. The van der Waals surface area contributed by atoms with Crippen molar-refractivity contribution in [2.45, 2.75) is 116 Å². The Labute approximate surface area is 224 Å². The number of fused-ring (bicyclic) bond motifs is 5. The smallest absolute Gasteiger partial charge is 0.190 e. The van der Waals surface area contributed by atoms with Gasteiger partial charge in [0, 0.05) is 17.8 Å². The largest absolute Gasteiger partial charge is 0.393 e. The van der Waals surface area contributed by atoms with E-state index < -0.39 is 23.4 Å². The van der Waals surface area contributed by atoms with Gasteiger partial charge in [0.25, 0.3) is 0 Å². The second-order valence-electron chi connectivity index (χ2n) is 13.3. The molecule has 7 nitrogen and oxygen atoms in total. The molecule has 0 radical (unpaired) electrons. The second kappa shape index (κ2) is 12.5. The third kappa shape index (κ3) is 5.86. The minimum Gasteiger partial charge on any atom is -0.393 e. The van der Waals surface area contributed by atoms with Gasteiger partial charge in [0.2, 0.25) is 0 Å². The molecule has 0 spiro atoms. The van der Waals surface area contributed by atoms with Gasteiger partial charge in [0.1, 0.15) is 18.0 Å². The summed E-state index contributed by atoms with van der Waals surface area (Å²) < 4.78 is 0. The van der Waals surface area contributed by atoms with Gasteiger partial charge in [0.05, 0.1) is 6.10 Å². The number of hydrogen-bond donors (Lipinski definition) is 5. The number of carbonyl (C=O) groups excluding carboxylic acids is 2. The van der Waals surface area contributed by atoms with E-state index in [0.29, 0.717) is 18.3 Å². The summed E-state index contributed by atoms with van der Waals surface area (Å²) in [5, 5.41) is 30.6. The van der Waals surface area contributed by atoms with Crippen LogP contribution in [0.4, 0.5) is 0 Å². The molecule has 0 aromatic rings. The first-order valence-electron chi connectivity index (χ1n) is 15.0. The summed E-state index contributed by atoms with van der Waals surface area (Å²) in [5.41, 5.74) is 8.47. The van der Waals surface area contributed by atoms with Crippen LogP contribution in [-0.4, -0.2) is 58.3 Å². The molecular weight excluding hydrogens is 468 g/mol. The van der Waals surface area contributed by atoms with Crippen molar-refractivity contribution in [3.8, 4) is 0 Å². The Balaban J connectivity index is 0.000000295. The van der Waals surface area contributed by atoms with Crippen LogP contribution in [0.5, 0.6) is 0 Å². The van der Waals surface area contributed by atoms with Gasteiger partial charge >= 0.3 is 0 Å². The van der Waals surface area contributed by atoms with Gasteiger partial charge in [-0.2, -0.15) is 0 Å². The number of nitrogens with two attached hydrogens (primary N) is 2. The van der Waals surface area contributed by atoms with Crippen LogP contribution in [0.1, 0.15) is 104 Å². The van der Waals surface area contributed by atoms with Crippen LogP contribution in [0, 0.1) is 40.4 Å². The van der Waals surface area contributed by atoms with Crippen molar-refractivity contribution in [1.82, 2.24) is 0 Å². The summed E-state index contributed by atoms with van der Waals surface area (Å²) in [7, 11) is 0. The fourth-order valence-electron chi connectivity index (χ4n) is 8.75. The van der Waals surface area contributed by atoms with Crippen molar-refractivity contribution in [3.63, 3.8) is 0 Å². The van der Waals surface area contributed by atoms with Crippen LogP contribution < -0.4 is 11.5 Å². The molecule has 37 heavy (non-hydrogen) atoms. The molecule has 0 aromatic carbocycles. The molecule has 7 heteroatoms. The van der Waals surface area contributed by atoms with E-state index in [-0.39, 0.29) is 41.5 Å². The number of unbranched alkanes of at least 4 members (excludes halogenated alkanes) is 3. The van der Waals surface area contributed by atoms with Gasteiger partial charge in [-0.15, -0.1) is 0 Å². The molecule has 4 fully saturated rings. The van der Waals surface area contributed by atoms with Gasteiger partial charge in [-0.05, 0) is 100.0 Å². The van der Waals surface area contributed by atoms with Crippen molar-refractivity contribution in [2.24, 2.45) is 51.9 Å². The van der Waals surface area contributed by atoms with Crippen molar-refractivity contribution in [1.29, 1.82) is 0 Å². The lowest BCUT2D eigenvalue weighted by molar-refractivity contribution is -0.180. The van der Waals surface area contributed by atoms with Crippen molar-refractivity contribution in [3.05, 3.63) is 0 Å². The van der Waals surface area contributed by atoms with Crippen LogP contribution in [-0.2, 0) is 9.59 Å². The minimum absolute atomic E-state index is 0.0154. The molecule has 214 valence electrons. The molecule has 0 saturated heterocycles. The van der Waals surface area contributed by atoms with Crippen LogP contribution in [0.25, 0.3) is 0 Å². The van der Waals surface area contributed by atoms with Crippen LogP contribution in [0.2, 0.25) is 0 Å². The highest BCUT2D eigenvalue weighted by Gasteiger charge is 2.68. The van der Waals surface area contributed by atoms with Gasteiger partial charge in [-0.1, -0.05) is 40.0 Å². The molecule has 0 amide bonds. The highest BCUT2D eigenvalue weighted by molar-refractivity contribution is 5.92. The maximum Gasteiger partial charge on any atom is 0.190 e. The normalized spacial score (nSPS) is 41.6. The van der Waals surface area contributed by atoms with Gasteiger partial charge in [-0.3, -0.25) is 9.59 Å². The number of ketones is 2. The Hall–Kier alpha value is -0.860. The third-order valence-electron chi connectivity index (χ3n) is 11.1. The Morgan fingerprint density at radius 3 is 2.41 bits per heavy atom. The first-order chi connectivity index (χ1) is 17.5. The molecule has 4 aliphatic carbocycles. The molecule has 4 aliphatic rings. The van der Waals surface area contributed by atoms with E-state index in [2.05, 4.69) is 13.8 Å². The van der Waals surface area contributed by atoms with Gasteiger partial charge in [-0.25, -0.2) is 0 Å². The quantitative estimate of drug-likeness (QED) is 0.292. The van der Waals surface area contributed by atoms with Crippen molar-refractivity contribution < 1.29 is 24.9 Å². The van der Waals surface area contributed by atoms with E-state index in [1.54, 1.807) is 0 Å². The van der Waals surface area contributed by atoms with Crippen LogP contribution >= 0.6 is 0 Å². The first kappa shape index (κ1) is 30.7. The molecule has 0 aromatic heterocycles. The monoisotopic (exact) mass is 522 g/mol. The molecule has 0 bridgehead atoms. The Kier molecular flexibility index (Phi) is 10.4. The van der Waals surface area contributed by atoms with E-state index in [1.165, 1.54) is 32.1 Å². The zero-order valence-electron chi connectivity index (χ0n) is 23.6. The number of hydrogen-bond acceptors (Lipinski definition) is 7. The zero-order valence-corrected chi connectivity index (χ0v) is 23.6. The molecule has 7 N–H and O–H groups in total. The average molecular weight is 523 g/mol. The molecule has 9 atom stereocenters. The number of carbonyl (C=O) groups is 2. The zero-order chi connectivity index (χ0) is 27.4. The summed E-state index contributed by atoms with van der Waals surface area (Å²) in [5.74, 6) is 1.08. The average Bonchev–Trinajstić information content (AvgIpc) is 3.14. The predicted octanol–water partition coefficient (Wildman–Crippen LogP) is 3.35. The maximum absolute atomic E-state index is 13.4. The molecule has 4 saturated carbocycles. The summed E-state index contributed by atoms with van der Waals surface area (Å²) in [4.78, 5) is 25.7. The first-order valence-corrected chi connectivity index (χ1v) is 15.0. The lowest BCUT2D eigenvalue weighted by atomic mass is 9.44. The summed E-state index contributed by atoms with van der Waals surface area (Å²) in [6, 6.07) is 0. The third-order valence-corrected chi connectivity index (χ3v) is 11.1. The SMILES string of the molecule is CC(CN)CCCCCCN.C[C@]12CC[C@@H](O)C[C@H]1CC[C@@H]1[C@@H]2C(=O)C[C@@]2(C)[C@H]1CC[C@]2(O)C(=O)CO. The van der Waals surface area contributed by atoms with E-state index in [4.69, 9.17) is 11.5 Å². The Morgan fingerprint density at radius 2 is 1.76 bits per heavy atom. The molecular formula is C30H54N2O5. The predicted molar refractivity (Wildman–Crippen MR) is 146 cm³/mol. The molecule has 0 heterocycles. The van der Waals surface area contributed by atoms with Gasteiger partial charge < -0.3 is 26.8 Å². The summed E-state index contributed by atoms with van der Waals surface area (Å²) in [6.45, 7) is 7.34. The number of rotatable bonds is 9. The maximum atomic E-state index is 13.4. The Bertz CT molecular complexity index is 792. The van der Waals surface area contributed by atoms with E-state index in [0.717, 1.165) is 51.6 Å².